The molecule has 3 aromatic rings. The fourth-order valence-electron chi connectivity index (χ4n) is 2.64. The van der Waals surface area contributed by atoms with Crippen molar-refractivity contribution in [3.05, 3.63) is 59.8 Å². The summed E-state index contributed by atoms with van der Waals surface area (Å²) >= 11 is 0. The van der Waals surface area contributed by atoms with Crippen LogP contribution in [0.15, 0.2) is 48.7 Å². The minimum Gasteiger partial charge on any atom is -0.497 e. The van der Waals surface area contributed by atoms with E-state index in [1.165, 1.54) is 0 Å². The first-order valence-corrected chi connectivity index (χ1v) is 7.76. The van der Waals surface area contributed by atoms with Gasteiger partial charge >= 0.3 is 0 Å². The van der Waals surface area contributed by atoms with Crippen LogP contribution in [0, 0.1) is 0 Å². The third kappa shape index (κ3) is 3.35. The molecule has 128 valence electrons. The van der Waals surface area contributed by atoms with E-state index in [1.807, 2.05) is 24.4 Å². The highest BCUT2D eigenvalue weighted by Gasteiger charge is 2.09. The average molecular weight is 337 g/mol. The van der Waals surface area contributed by atoms with Crippen LogP contribution in [0.3, 0.4) is 0 Å². The van der Waals surface area contributed by atoms with E-state index in [9.17, 15) is 4.79 Å². The summed E-state index contributed by atoms with van der Waals surface area (Å²) in [6.45, 7) is 0. The Bertz CT molecular complexity index is 940. The molecule has 0 radical (unpaired) electrons. The first-order valence-electron chi connectivity index (χ1n) is 7.76. The quantitative estimate of drug-likeness (QED) is 0.544. The van der Waals surface area contributed by atoms with Gasteiger partial charge in [0.2, 0.25) is 0 Å². The Morgan fingerprint density at radius 1 is 0.960 bits per heavy atom. The van der Waals surface area contributed by atoms with Gasteiger partial charge in [0.25, 0.3) is 0 Å². The highest BCUT2D eigenvalue weighted by atomic mass is 16.5. The summed E-state index contributed by atoms with van der Waals surface area (Å²) in [6, 6.07) is 10.9. The zero-order chi connectivity index (χ0) is 17.8. The van der Waals surface area contributed by atoms with Crippen LogP contribution >= 0.6 is 0 Å². The minimum atomic E-state index is -0.113. The first kappa shape index (κ1) is 16.6. The second-order valence-electron chi connectivity index (χ2n) is 5.42. The van der Waals surface area contributed by atoms with Gasteiger partial charge in [-0.05, 0) is 48.6 Å². The molecule has 1 N–H and O–H groups in total. The number of ether oxygens (including phenoxy) is 3. The molecule has 5 nitrogen and oxygen atoms in total. The second-order valence-corrected chi connectivity index (χ2v) is 5.42. The summed E-state index contributed by atoms with van der Waals surface area (Å²) in [5, 5.41) is 0.996. The molecule has 0 aliphatic rings. The van der Waals surface area contributed by atoms with Gasteiger partial charge in [0.15, 0.2) is 17.3 Å². The zero-order valence-corrected chi connectivity index (χ0v) is 14.3. The lowest BCUT2D eigenvalue weighted by atomic mass is 10.1. The fourth-order valence-corrected chi connectivity index (χ4v) is 2.64. The number of benzene rings is 2. The van der Waals surface area contributed by atoms with Crippen molar-refractivity contribution in [2.24, 2.45) is 0 Å². The van der Waals surface area contributed by atoms with E-state index in [1.54, 1.807) is 51.7 Å². The molecule has 5 heteroatoms. The number of fused-ring (bicyclic) bond motifs is 1. The van der Waals surface area contributed by atoms with Crippen LogP contribution in [0.4, 0.5) is 0 Å². The Kier molecular flexibility index (Phi) is 4.75. The molecule has 1 heterocycles. The number of H-pyrrole nitrogens is 1. The number of carbonyl (C=O) groups is 1. The lowest BCUT2D eigenvalue weighted by molar-refractivity contribution is 0.104. The van der Waals surface area contributed by atoms with Crippen LogP contribution in [0.25, 0.3) is 17.0 Å². The molecular formula is C20H19NO4. The van der Waals surface area contributed by atoms with Crippen molar-refractivity contribution in [2.45, 2.75) is 0 Å². The van der Waals surface area contributed by atoms with Gasteiger partial charge in [-0.3, -0.25) is 4.79 Å². The summed E-state index contributed by atoms with van der Waals surface area (Å²) in [6.07, 6.45) is 5.20. The summed E-state index contributed by atoms with van der Waals surface area (Å²) in [7, 11) is 4.73. The van der Waals surface area contributed by atoms with Crippen molar-refractivity contribution < 1.29 is 19.0 Å². The standard InChI is InChI=1S/C20H19NO4/c1-23-15-6-7-17-16(11-15)14(12-21-17)4-8-18(22)13-5-9-19(24-2)20(10-13)25-3/h4-12,21H,1-3H3. The third-order valence-electron chi connectivity index (χ3n) is 4.00. The first-order chi connectivity index (χ1) is 12.2. The Labute approximate surface area is 145 Å². The molecule has 0 saturated carbocycles. The maximum absolute atomic E-state index is 12.4. The number of hydrogen-bond acceptors (Lipinski definition) is 4. The molecule has 0 aliphatic carbocycles. The number of allylic oxidation sites excluding steroid dienone is 1. The lowest BCUT2D eigenvalue weighted by Crippen LogP contribution is -1.97. The molecule has 2 aromatic carbocycles. The molecule has 0 unspecified atom stereocenters. The zero-order valence-electron chi connectivity index (χ0n) is 14.3. The van der Waals surface area contributed by atoms with Crippen molar-refractivity contribution >= 4 is 22.8 Å². The third-order valence-corrected chi connectivity index (χ3v) is 4.00. The van der Waals surface area contributed by atoms with E-state index >= 15 is 0 Å². The van der Waals surface area contributed by atoms with Crippen LogP contribution in [0.1, 0.15) is 15.9 Å². The summed E-state index contributed by atoms with van der Waals surface area (Å²) < 4.78 is 15.7. The smallest absolute Gasteiger partial charge is 0.185 e. The number of aromatic amines is 1. The predicted molar refractivity (Wildman–Crippen MR) is 97.8 cm³/mol. The monoisotopic (exact) mass is 337 g/mol. The van der Waals surface area contributed by atoms with Crippen molar-refractivity contribution in [2.75, 3.05) is 21.3 Å². The van der Waals surface area contributed by atoms with Crippen molar-refractivity contribution in [3.8, 4) is 17.2 Å². The van der Waals surface area contributed by atoms with E-state index in [0.717, 1.165) is 22.2 Å². The van der Waals surface area contributed by atoms with Crippen LogP contribution in [-0.2, 0) is 0 Å². The Hall–Kier alpha value is -3.21. The lowest BCUT2D eigenvalue weighted by Gasteiger charge is -2.07. The number of ketones is 1. The number of methoxy groups -OCH3 is 3. The number of nitrogens with one attached hydrogen (secondary N) is 1. The number of aromatic nitrogens is 1. The Morgan fingerprint density at radius 2 is 1.76 bits per heavy atom. The molecule has 0 saturated heterocycles. The van der Waals surface area contributed by atoms with Gasteiger partial charge in [-0.1, -0.05) is 0 Å². The number of hydrogen-bond donors (Lipinski definition) is 1. The summed E-state index contributed by atoms with van der Waals surface area (Å²) in [5.74, 6) is 1.77. The van der Waals surface area contributed by atoms with Gasteiger partial charge in [-0.2, -0.15) is 0 Å². The van der Waals surface area contributed by atoms with E-state index in [2.05, 4.69) is 4.98 Å². The molecule has 0 atom stereocenters. The fraction of sp³-hybridized carbons (Fsp3) is 0.150. The highest BCUT2D eigenvalue weighted by Crippen LogP contribution is 2.28. The van der Waals surface area contributed by atoms with Gasteiger partial charge in [0.1, 0.15) is 5.75 Å². The number of carbonyl (C=O) groups excluding carboxylic acids is 1. The average Bonchev–Trinajstić information content (AvgIpc) is 3.07. The molecule has 0 aliphatic heterocycles. The van der Waals surface area contributed by atoms with E-state index in [0.29, 0.717) is 17.1 Å². The van der Waals surface area contributed by atoms with Gasteiger partial charge in [-0.15, -0.1) is 0 Å². The van der Waals surface area contributed by atoms with Crippen molar-refractivity contribution in [1.82, 2.24) is 4.98 Å². The van der Waals surface area contributed by atoms with Crippen LogP contribution in [0.5, 0.6) is 17.2 Å². The molecule has 0 bridgehead atoms. The predicted octanol–water partition coefficient (Wildman–Crippen LogP) is 4.09. The molecule has 0 fully saturated rings. The van der Waals surface area contributed by atoms with Crippen LogP contribution < -0.4 is 14.2 Å². The molecular weight excluding hydrogens is 318 g/mol. The summed E-state index contributed by atoms with van der Waals surface area (Å²) in [5.41, 5.74) is 2.44. The molecule has 1 aromatic heterocycles. The number of rotatable bonds is 6. The van der Waals surface area contributed by atoms with Crippen molar-refractivity contribution in [1.29, 1.82) is 0 Å². The Morgan fingerprint density at radius 3 is 2.48 bits per heavy atom. The molecule has 25 heavy (non-hydrogen) atoms. The van der Waals surface area contributed by atoms with Crippen molar-refractivity contribution in [3.63, 3.8) is 0 Å². The van der Waals surface area contributed by atoms with E-state index in [4.69, 9.17) is 14.2 Å². The van der Waals surface area contributed by atoms with E-state index in [-0.39, 0.29) is 5.78 Å². The van der Waals surface area contributed by atoms with Gasteiger partial charge in [0.05, 0.1) is 21.3 Å². The van der Waals surface area contributed by atoms with Gasteiger partial charge in [-0.25, -0.2) is 0 Å². The molecule has 0 spiro atoms. The maximum Gasteiger partial charge on any atom is 0.185 e. The second kappa shape index (κ2) is 7.13. The minimum absolute atomic E-state index is 0.113. The van der Waals surface area contributed by atoms with Crippen LogP contribution in [-0.4, -0.2) is 32.1 Å². The maximum atomic E-state index is 12.4. The van der Waals surface area contributed by atoms with Crippen LogP contribution in [0.2, 0.25) is 0 Å². The Balaban J connectivity index is 1.88. The highest BCUT2D eigenvalue weighted by molar-refractivity contribution is 6.08. The summed E-state index contributed by atoms with van der Waals surface area (Å²) in [4.78, 5) is 15.6. The van der Waals surface area contributed by atoms with E-state index < -0.39 is 0 Å². The van der Waals surface area contributed by atoms with Gasteiger partial charge < -0.3 is 19.2 Å². The largest absolute Gasteiger partial charge is 0.497 e. The molecule has 3 rings (SSSR count). The van der Waals surface area contributed by atoms with Gasteiger partial charge in [0, 0.05) is 28.2 Å². The topological polar surface area (TPSA) is 60.6 Å². The normalized spacial score (nSPS) is 11.0. The molecule has 0 amide bonds. The SMILES string of the molecule is COc1ccc2[nH]cc(C=CC(=O)c3ccc(OC)c(OC)c3)c2c1.